The predicted octanol–water partition coefficient (Wildman–Crippen LogP) is 4.28. The van der Waals surface area contributed by atoms with E-state index in [1.54, 1.807) is 56.3 Å². The molecule has 0 saturated carbocycles. The van der Waals surface area contributed by atoms with Crippen LogP contribution < -0.4 is 20.7 Å². The van der Waals surface area contributed by atoms with Crippen LogP contribution in [0.5, 0.6) is 5.75 Å². The lowest BCUT2D eigenvalue weighted by Gasteiger charge is -2.31. The highest BCUT2D eigenvalue weighted by Gasteiger charge is 2.33. The Morgan fingerprint density at radius 3 is 2.40 bits per heavy atom. The van der Waals surface area contributed by atoms with Crippen molar-refractivity contribution < 1.29 is 43.0 Å². The van der Waals surface area contributed by atoms with E-state index in [0.29, 0.717) is 49.4 Å². The van der Waals surface area contributed by atoms with E-state index in [0.717, 1.165) is 17.9 Å². The van der Waals surface area contributed by atoms with Crippen molar-refractivity contribution >= 4 is 37.9 Å². The third kappa shape index (κ3) is 10.1. The fourth-order valence-electron chi connectivity index (χ4n) is 4.78. The number of amides is 3. The number of nitrogens with zero attached hydrogens (tertiary/aromatic N) is 1. The number of carbonyl (C=O) groups is 4. The third-order valence-electron chi connectivity index (χ3n) is 7.03. The Morgan fingerprint density at radius 1 is 1.00 bits per heavy atom. The Hall–Kier alpha value is -4.25. The van der Waals surface area contributed by atoms with Crippen LogP contribution in [0.4, 0.5) is 0 Å². The molecule has 1 heterocycles. The number of hydrogen-bond acceptors (Lipinski definition) is 9. The molecule has 3 rings (SSSR count). The van der Waals surface area contributed by atoms with Crippen LogP contribution in [0.25, 0.3) is 11.3 Å². The number of unbranched alkanes of at least 4 members (excludes halogenated alkanes) is 2. The summed E-state index contributed by atoms with van der Waals surface area (Å²) in [6.45, 7) is 5.79. The molecule has 0 fully saturated rings. The summed E-state index contributed by atoms with van der Waals surface area (Å²) in [4.78, 5) is 75.6. The van der Waals surface area contributed by atoms with E-state index < -0.39 is 38.1 Å². The molecule has 0 aliphatic carbocycles. The van der Waals surface area contributed by atoms with Crippen LogP contribution in [0.1, 0.15) is 73.8 Å². The molecule has 13 heteroatoms. The van der Waals surface area contributed by atoms with Gasteiger partial charge in [-0.05, 0) is 62.2 Å². The SMILES string of the molecule is CCCCCC(C(=O)NCNC(=O)c1ccc(-c2cc(OCC)cc(P(O)O)c2)o1)C(CC)N(C=O)OC(=O)c1ccccc1. The van der Waals surface area contributed by atoms with Crippen molar-refractivity contribution in [2.45, 2.75) is 58.9 Å². The van der Waals surface area contributed by atoms with E-state index >= 15 is 0 Å². The zero-order valence-corrected chi connectivity index (χ0v) is 26.5. The normalized spacial score (nSPS) is 12.2. The van der Waals surface area contributed by atoms with Crippen LogP contribution in [0.3, 0.4) is 0 Å². The zero-order chi connectivity index (χ0) is 32.8. The minimum absolute atomic E-state index is 0.0243. The average Bonchev–Trinajstić information content (AvgIpc) is 3.55. The van der Waals surface area contributed by atoms with Gasteiger partial charge in [-0.1, -0.05) is 51.3 Å². The second-order valence-electron chi connectivity index (χ2n) is 10.1. The first kappa shape index (κ1) is 35.2. The second-order valence-corrected chi connectivity index (χ2v) is 11.2. The first-order chi connectivity index (χ1) is 21.7. The van der Waals surface area contributed by atoms with Gasteiger partial charge in [-0.15, -0.1) is 0 Å². The largest absolute Gasteiger partial charge is 0.494 e. The molecule has 0 radical (unpaired) electrons. The van der Waals surface area contributed by atoms with Crippen molar-refractivity contribution in [2.24, 2.45) is 5.92 Å². The molecule has 0 spiro atoms. The maximum Gasteiger partial charge on any atom is 0.363 e. The van der Waals surface area contributed by atoms with E-state index in [4.69, 9.17) is 14.0 Å². The minimum Gasteiger partial charge on any atom is -0.494 e. The molecule has 12 nitrogen and oxygen atoms in total. The van der Waals surface area contributed by atoms with Gasteiger partial charge < -0.3 is 34.4 Å². The van der Waals surface area contributed by atoms with Gasteiger partial charge in [0.2, 0.25) is 12.3 Å². The molecule has 2 aromatic carbocycles. The Bertz CT molecular complexity index is 1410. The van der Waals surface area contributed by atoms with Crippen LogP contribution >= 0.6 is 8.38 Å². The van der Waals surface area contributed by atoms with Gasteiger partial charge in [0.15, 0.2) is 14.1 Å². The number of hydroxylamine groups is 2. The summed E-state index contributed by atoms with van der Waals surface area (Å²) < 4.78 is 11.2. The molecule has 45 heavy (non-hydrogen) atoms. The lowest BCUT2D eigenvalue weighted by molar-refractivity contribution is -0.171. The summed E-state index contributed by atoms with van der Waals surface area (Å²) in [6.07, 6.45) is 3.69. The van der Waals surface area contributed by atoms with Crippen LogP contribution in [0, 0.1) is 5.92 Å². The quantitative estimate of drug-likeness (QED) is 0.0521. The summed E-state index contributed by atoms with van der Waals surface area (Å²) in [5.74, 6) is -1.71. The first-order valence-electron chi connectivity index (χ1n) is 14.8. The molecule has 4 N–H and O–H groups in total. The summed E-state index contributed by atoms with van der Waals surface area (Å²) in [6, 6.07) is 15.3. The summed E-state index contributed by atoms with van der Waals surface area (Å²) in [7, 11) is -2.37. The van der Waals surface area contributed by atoms with Crippen molar-refractivity contribution in [1.82, 2.24) is 15.7 Å². The number of nitrogens with one attached hydrogen (secondary N) is 2. The summed E-state index contributed by atoms with van der Waals surface area (Å²) >= 11 is 0. The molecule has 0 saturated heterocycles. The first-order valence-corrected chi connectivity index (χ1v) is 16.1. The number of carbonyl (C=O) groups excluding carboxylic acids is 4. The molecule has 0 bridgehead atoms. The maximum atomic E-state index is 13.4. The van der Waals surface area contributed by atoms with Gasteiger partial charge in [-0.25, -0.2) is 4.79 Å². The third-order valence-corrected chi connectivity index (χ3v) is 7.75. The molecular formula is C32H40N3O9P. The fourth-order valence-corrected chi connectivity index (χ4v) is 5.28. The average molecular weight is 642 g/mol. The topological polar surface area (TPSA) is 168 Å². The molecule has 0 aliphatic heterocycles. The lowest BCUT2D eigenvalue weighted by Crippen LogP contribution is -2.49. The van der Waals surface area contributed by atoms with Crippen molar-refractivity contribution in [3.8, 4) is 17.1 Å². The van der Waals surface area contributed by atoms with Gasteiger partial charge in [0.25, 0.3) is 5.91 Å². The Labute approximate surface area is 263 Å². The van der Waals surface area contributed by atoms with Gasteiger partial charge in [0.05, 0.1) is 30.8 Å². The van der Waals surface area contributed by atoms with Crippen molar-refractivity contribution in [3.05, 3.63) is 72.0 Å². The number of ether oxygens (including phenoxy) is 1. The summed E-state index contributed by atoms with van der Waals surface area (Å²) in [5.41, 5.74) is 0.761. The van der Waals surface area contributed by atoms with Crippen LogP contribution in [-0.4, -0.2) is 58.4 Å². The molecular weight excluding hydrogens is 601 g/mol. The lowest BCUT2D eigenvalue weighted by atomic mass is 9.90. The van der Waals surface area contributed by atoms with Crippen LogP contribution in [0.2, 0.25) is 0 Å². The van der Waals surface area contributed by atoms with Crippen molar-refractivity contribution in [3.63, 3.8) is 0 Å². The number of rotatable bonds is 18. The van der Waals surface area contributed by atoms with Crippen LogP contribution in [0.15, 0.2) is 65.1 Å². The van der Waals surface area contributed by atoms with Gasteiger partial charge in [-0.2, -0.15) is 5.06 Å². The van der Waals surface area contributed by atoms with Gasteiger partial charge in [0, 0.05) is 10.9 Å². The Balaban J connectivity index is 1.67. The molecule has 3 aromatic rings. The number of hydrogen-bond donors (Lipinski definition) is 4. The van der Waals surface area contributed by atoms with Crippen molar-refractivity contribution in [1.29, 1.82) is 0 Å². The van der Waals surface area contributed by atoms with E-state index in [9.17, 15) is 29.0 Å². The highest BCUT2D eigenvalue weighted by Crippen LogP contribution is 2.31. The molecule has 3 amide bonds. The highest BCUT2D eigenvalue weighted by atomic mass is 31.2. The van der Waals surface area contributed by atoms with Gasteiger partial charge in [0.1, 0.15) is 11.5 Å². The number of benzene rings is 2. The predicted molar refractivity (Wildman–Crippen MR) is 168 cm³/mol. The standard InChI is InChI=1S/C32H40N3O9P/c1-4-7-9-14-26(27(5-2)35(21-36)44-32(39)22-12-10-8-11-13-22)30(37)33-20-34-31(38)29-16-15-28(43-29)23-17-24(42-6-3)19-25(18-23)45(40)41/h8,10-13,15-19,21,26-27,40-41H,4-7,9,14,20H2,1-3H3,(H,33,37)(H,34,38). The van der Waals surface area contributed by atoms with E-state index in [1.165, 1.54) is 18.2 Å². The zero-order valence-electron chi connectivity index (χ0n) is 25.6. The molecule has 0 aliphatic rings. The Kier molecular flexibility index (Phi) is 14.0. The summed E-state index contributed by atoms with van der Waals surface area (Å²) in [5, 5.41) is 6.46. The van der Waals surface area contributed by atoms with Gasteiger partial charge in [-0.3, -0.25) is 14.4 Å². The van der Waals surface area contributed by atoms with Crippen LogP contribution in [-0.2, 0) is 14.4 Å². The smallest absolute Gasteiger partial charge is 0.363 e. The van der Waals surface area contributed by atoms with Gasteiger partial charge >= 0.3 is 5.97 Å². The van der Waals surface area contributed by atoms with Crippen molar-refractivity contribution in [2.75, 3.05) is 13.3 Å². The molecule has 1 aromatic heterocycles. The Morgan fingerprint density at radius 2 is 1.76 bits per heavy atom. The highest BCUT2D eigenvalue weighted by molar-refractivity contribution is 7.54. The molecule has 2 atom stereocenters. The maximum absolute atomic E-state index is 13.4. The van der Waals surface area contributed by atoms with E-state index in [1.807, 2.05) is 6.92 Å². The monoisotopic (exact) mass is 641 g/mol. The minimum atomic E-state index is -2.37. The van der Waals surface area contributed by atoms with E-state index in [2.05, 4.69) is 10.6 Å². The molecule has 242 valence electrons. The number of furan rings is 1. The molecule has 2 unspecified atom stereocenters. The fraction of sp³-hybridized carbons (Fsp3) is 0.375. The second kappa shape index (κ2) is 17.9. The van der Waals surface area contributed by atoms with E-state index in [-0.39, 0.29) is 23.3 Å².